The van der Waals surface area contributed by atoms with Crippen LogP contribution in [0.1, 0.15) is 53.9 Å². The third-order valence-corrected chi connectivity index (χ3v) is 6.36. The molecule has 1 atom stereocenters. The lowest BCUT2D eigenvalue weighted by Gasteiger charge is -2.26. The normalized spacial score (nSPS) is 16.8. The molecule has 0 saturated carbocycles. The predicted octanol–water partition coefficient (Wildman–Crippen LogP) is 3.34. The number of aliphatic imine (C=N–C) groups is 1. The topological polar surface area (TPSA) is 77.0 Å². The SMILES string of the molecule is CCNC(=NCc1cccc(C(=O)N2CCCCC2)c1)NCC(C)(O)c1cccs1. The molecular weight excluding hydrogens is 396 g/mol. The zero-order valence-corrected chi connectivity index (χ0v) is 18.7. The third kappa shape index (κ3) is 6.06. The van der Waals surface area contributed by atoms with E-state index in [2.05, 4.69) is 15.6 Å². The number of piperidine rings is 1. The van der Waals surface area contributed by atoms with Crippen molar-refractivity contribution in [1.82, 2.24) is 15.5 Å². The molecule has 0 aliphatic carbocycles. The van der Waals surface area contributed by atoms with Crippen LogP contribution in [0.2, 0.25) is 0 Å². The van der Waals surface area contributed by atoms with Gasteiger partial charge < -0.3 is 20.6 Å². The number of benzene rings is 1. The smallest absolute Gasteiger partial charge is 0.253 e. The van der Waals surface area contributed by atoms with Crippen molar-refractivity contribution in [1.29, 1.82) is 0 Å². The lowest BCUT2D eigenvalue weighted by Crippen LogP contribution is -2.44. The maximum atomic E-state index is 12.8. The van der Waals surface area contributed by atoms with Crippen LogP contribution in [0.5, 0.6) is 0 Å². The van der Waals surface area contributed by atoms with Gasteiger partial charge in [-0.1, -0.05) is 18.2 Å². The summed E-state index contributed by atoms with van der Waals surface area (Å²) in [6.07, 6.45) is 3.38. The Bertz CT molecular complexity index is 843. The molecule has 0 spiro atoms. The van der Waals surface area contributed by atoms with Gasteiger partial charge in [0.25, 0.3) is 5.91 Å². The molecule has 1 fully saturated rings. The zero-order chi connectivity index (χ0) is 21.4. The Balaban J connectivity index is 1.63. The first-order chi connectivity index (χ1) is 14.5. The fourth-order valence-corrected chi connectivity index (χ4v) is 4.31. The molecule has 2 aromatic rings. The first-order valence-corrected chi connectivity index (χ1v) is 11.5. The van der Waals surface area contributed by atoms with Gasteiger partial charge in [-0.2, -0.15) is 0 Å². The van der Waals surface area contributed by atoms with E-state index < -0.39 is 5.60 Å². The van der Waals surface area contributed by atoms with Crippen LogP contribution in [0, 0.1) is 0 Å². The average Bonchev–Trinajstić information content (AvgIpc) is 3.32. The summed E-state index contributed by atoms with van der Waals surface area (Å²) in [6, 6.07) is 11.6. The van der Waals surface area contributed by atoms with Gasteiger partial charge in [-0.15, -0.1) is 11.3 Å². The van der Waals surface area contributed by atoms with Crippen LogP contribution in [0.3, 0.4) is 0 Å². The van der Waals surface area contributed by atoms with Gasteiger partial charge in [-0.05, 0) is 62.3 Å². The van der Waals surface area contributed by atoms with E-state index in [1.807, 2.05) is 53.6 Å². The van der Waals surface area contributed by atoms with Crippen LogP contribution in [0.4, 0.5) is 0 Å². The highest BCUT2D eigenvalue weighted by atomic mass is 32.1. The fraction of sp³-hybridized carbons (Fsp3) is 0.478. The quantitative estimate of drug-likeness (QED) is 0.467. The number of guanidine groups is 1. The Hall–Kier alpha value is -2.38. The average molecular weight is 429 g/mol. The van der Waals surface area contributed by atoms with Crippen molar-refractivity contribution in [3.63, 3.8) is 0 Å². The van der Waals surface area contributed by atoms with Crippen molar-refractivity contribution in [2.24, 2.45) is 4.99 Å². The van der Waals surface area contributed by atoms with Gasteiger partial charge in [0.15, 0.2) is 5.96 Å². The fourth-order valence-electron chi connectivity index (χ4n) is 3.52. The number of carbonyl (C=O) groups excluding carboxylic acids is 1. The Morgan fingerprint density at radius 2 is 2.00 bits per heavy atom. The van der Waals surface area contributed by atoms with Crippen molar-refractivity contribution in [2.45, 2.75) is 45.3 Å². The summed E-state index contributed by atoms with van der Waals surface area (Å²) < 4.78 is 0. The number of amides is 1. The second-order valence-electron chi connectivity index (χ2n) is 7.85. The van der Waals surface area contributed by atoms with Gasteiger partial charge >= 0.3 is 0 Å². The van der Waals surface area contributed by atoms with Crippen LogP contribution in [0.15, 0.2) is 46.8 Å². The number of nitrogens with zero attached hydrogens (tertiary/aromatic N) is 2. The summed E-state index contributed by atoms with van der Waals surface area (Å²) in [5.41, 5.74) is 0.744. The Labute approximate surface area is 183 Å². The molecule has 3 rings (SSSR count). The first kappa shape index (κ1) is 22.3. The highest BCUT2D eigenvalue weighted by molar-refractivity contribution is 7.10. The molecule has 1 aliphatic heterocycles. The van der Waals surface area contributed by atoms with Crippen LogP contribution in [-0.2, 0) is 12.1 Å². The van der Waals surface area contributed by atoms with Crippen LogP contribution in [-0.4, -0.2) is 48.1 Å². The van der Waals surface area contributed by atoms with Crippen LogP contribution in [0.25, 0.3) is 0 Å². The largest absolute Gasteiger partial charge is 0.383 e. The molecule has 30 heavy (non-hydrogen) atoms. The molecule has 1 saturated heterocycles. The minimum absolute atomic E-state index is 0.109. The minimum atomic E-state index is -0.967. The molecule has 6 nitrogen and oxygen atoms in total. The molecule has 1 aromatic heterocycles. The van der Waals surface area contributed by atoms with Crippen molar-refractivity contribution < 1.29 is 9.90 Å². The molecule has 0 radical (unpaired) electrons. The Morgan fingerprint density at radius 3 is 2.70 bits per heavy atom. The number of hydrogen-bond acceptors (Lipinski definition) is 4. The molecule has 7 heteroatoms. The number of aliphatic hydroxyl groups is 1. The van der Waals surface area contributed by atoms with E-state index in [0.717, 1.165) is 48.5 Å². The summed E-state index contributed by atoms with van der Waals surface area (Å²) in [6.45, 7) is 7.03. The van der Waals surface area contributed by atoms with E-state index in [0.29, 0.717) is 19.0 Å². The number of rotatable bonds is 7. The number of thiophene rings is 1. The van der Waals surface area contributed by atoms with E-state index >= 15 is 0 Å². The van der Waals surface area contributed by atoms with Crippen LogP contribution < -0.4 is 10.6 Å². The van der Waals surface area contributed by atoms with Crippen LogP contribution >= 0.6 is 11.3 Å². The maximum Gasteiger partial charge on any atom is 0.253 e. The maximum absolute atomic E-state index is 12.8. The van der Waals surface area contributed by atoms with Crippen molar-refractivity contribution in [2.75, 3.05) is 26.2 Å². The molecule has 0 bridgehead atoms. The van der Waals surface area contributed by atoms with E-state index in [-0.39, 0.29) is 5.91 Å². The van der Waals surface area contributed by atoms with Crippen molar-refractivity contribution >= 4 is 23.2 Å². The summed E-state index contributed by atoms with van der Waals surface area (Å²) in [7, 11) is 0. The number of hydrogen-bond donors (Lipinski definition) is 3. The summed E-state index contributed by atoms with van der Waals surface area (Å²) in [5, 5.41) is 19.1. The van der Waals surface area contributed by atoms with Gasteiger partial charge in [0.05, 0.1) is 13.1 Å². The summed E-state index contributed by atoms with van der Waals surface area (Å²) >= 11 is 1.53. The van der Waals surface area contributed by atoms with Gasteiger partial charge in [0, 0.05) is 30.1 Å². The molecule has 1 aliphatic rings. The van der Waals surface area contributed by atoms with E-state index in [1.54, 1.807) is 6.92 Å². The zero-order valence-electron chi connectivity index (χ0n) is 17.9. The van der Waals surface area contributed by atoms with Gasteiger partial charge in [-0.3, -0.25) is 4.79 Å². The molecule has 1 aromatic carbocycles. The standard InChI is InChI=1S/C23H32N4O2S/c1-3-24-22(26-17-23(2,29)20-11-8-14-30-20)25-16-18-9-7-10-19(15-18)21(28)27-12-5-4-6-13-27/h7-11,14-15,29H,3-6,12-13,16-17H2,1-2H3,(H2,24,25,26). The van der Waals surface area contributed by atoms with Gasteiger partial charge in [0.2, 0.25) is 0 Å². The second-order valence-corrected chi connectivity index (χ2v) is 8.80. The highest BCUT2D eigenvalue weighted by Gasteiger charge is 2.24. The molecule has 1 unspecified atom stereocenters. The Morgan fingerprint density at radius 1 is 1.20 bits per heavy atom. The molecule has 162 valence electrons. The summed E-state index contributed by atoms with van der Waals surface area (Å²) in [4.78, 5) is 20.3. The number of nitrogens with one attached hydrogen (secondary N) is 2. The van der Waals surface area contributed by atoms with Gasteiger partial charge in [0.1, 0.15) is 5.60 Å². The van der Waals surface area contributed by atoms with E-state index in [1.165, 1.54) is 17.8 Å². The first-order valence-electron chi connectivity index (χ1n) is 10.7. The number of likely N-dealkylation sites (tertiary alicyclic amines) is 1. The molecule has 1 amide bonds. The minimum Gasteiger partial charge on any atom is -0.383 e. The monoisotopic (exact) mass is 428 g/mol. The lowest BCUT2D eigenvalue weighted by molar-refractivity contribution is 0.0655. The van der Waals surface area contributed by atoms with E-state index in [9.17, 15) is 9.90 Å². The summed E-state index contributed by atoms with van der Waals surface area (Å²) in [5.74, 6) is 0.750. The van der Waals surface area contributed by atoms with Gasteiger partial charge in [-0.25, -0.2) is 4.99 Å². The third-order valence-electron chi connectivity index (χ3n) is 5.23. The molecular formula is C23H32N4O2S. The van der Waals surface area contributed by atoms with E-state index in [4.69, 9.17) is 0 Å². The molecule has 2 heterocycles. The molecule has 3 N–H and O–H groups in total. The van der Waals surface area contributed by atoms with Crippen molar-refractivity contribution in [3.05, 3.63) is 57.8 Å². The number of carbonyl (C=O) groups is 1. The van der Waals surface area contributed by atoms with Crippen molar-refractivity contribution in [3.8, 4) is 0 Å². The second kappa shape index (κ2) is 10.6. The predicted molar refractivity (Wildman–Crippen MR) is 123 cm³/mol. The lowest BCUT2D eigenvalue weighted by atomic mass is 10.1. The highest BCUT2D eigenvalue weighted by Crippen LogP contribution is 2.24. The Kier molecular flexibility index (Phi) is 7.87.